The van der Waals surface area contributed by atoms with Crippen LogP contribution < -0.4 is 0 Å². The third-order valence-electron chi connectivity index (χ3n) is 1.35. The highest BCUT2D eigenvalue weighted by Crippen LogP contribution is 2.32. The molecule has 0 fully saturated rings. The number of hydrogen-bond donors (Lipinski definition) is 1. The second-order valence-corrected chi connectivity index (χ2v) is 4.91. The molecule has 0 bridgehead atoms. The molecule has 100 valence electrons. The summed E-state index contributed by atoms with van der Waals surface area (Å²) in [5, 5.41) is 20.1. The summed E-state index contributed by atoms with van der Waals surface area (Å²) in [5.41, 5.74) is -0.924. The standard InChI is InChI=1S/C6H3ClN2O4.ClHO3S/c7-6-4(8(10)11)2-1-3-5(6)9(12)13;1-5(2,3)4/h1-3H;(H,2,3,4). The molecule has 0 unspecified atom stereocenters. The lowest BCUT2D eigenvalue weighted by atomic mass is 10.3. The normalized spacial score (nSPS) is 10.2. The molecule has 18 heavy (non-hydrogen) atoms. The smallest absolute Gasteiger partial charge is 0.273 e. The number of benzene rings is 1. The minimum absolute atomic E-state index is 0.447. The van der Waals surface area contributed by atoms with Crippen LogP contribution in [0, 0.1) is 20.2 Å². The molecule has 0 aliphatic heterocycles. The average molecular weight is 319 g/mol. The van der Waals surface area contributed by atoms with E-state index >= 15 is 0 Å². The van der Waals surface area contributed by atoms with Crippen LogP contribution in [-0.4, -0.2) is 22.8 Å². The van der Waals surface area contributed by atoms with Crippen LogP contribution in [0.5, 0.6) is 0 Å². The van der Waals surface area contributed by atoms with Crippen LogP contribution in [0.25, 0.3) is 0 Å². The maximum Gasteiger partial charge on any atom is 0.353 e. The summed E-state index contributed by atoms with van der Waals surface area (Å²) >= 11 is 5.42. The fourth-order valence-corrected chi connectivity index (χ4v) is 1.05. The summed E-state index contributed by atoms with van der Waals surface area (Å²) in [6.07, 6.45) is 0. The van der Waals surface area contributed by atoms with E-state index in [2.05, 4.69) is 10.7 Å². The molecule has 0 heterocycles. The number of rotatable bonds is 2. The summed E-state index contributed by atoms with van der Waals surface area (Å²) in [4.78, 5) is 19.1. The number of nitro benzene ring substituents is 2. The molecular weight excluding hydrogens is 315 g/mol. The van der Waals surface area contributed by atoms with Gasteiger partial charge in [-0.25, -0.2) is 0 Å². The molecule has 1 rings (SSSR count). The van der Waals surface area contributed by atoms with E-state index in [4.69, 9.17) is 24.6 Å². The lowest BCUT2D eigenvalue weighted by molar-refractivity contribution is -0.393. The highest BCUT2D eigenvalue weighted by Gasteiger charge is 2.22. The van der Waals surface area contributed by atoms with Crippen LogP contribution in [0.3, 0.4) is 0 Å². The van der Waals surface area contributed by atoms with Crippen molar-refractivity contribution in [3.05, 3.63) is 43.5 Å². The third kappa shape index (κ3) is 6.30. The van der Waals surface area contributed by atoms with Gasteiger partial charge >= 0.3 is 9.33 Å². The first-order valence-corrected chi connectivity index (χ1v) is 6.42. The van der Waals surface area contributed by atoms with Crippen molar-refractivity contribution in [1.29, 1.82) is 0 Å². The molecule has 0 radical (unpaired) electrons. The Kier molecular flexibility index (Phi) is 5.91. The van der Waals surface area contributed by atoms with Crippen LogP contribution >= 0.6 is 22.3 Å². The first kappa shape index (κ1) is 16.5. The number of nitro groups is 2. The van der Waals surface area contributed by atoms with Crippen LogP contribution in [0.1, 0.15) is 0 Å². The molecule has 0 aliphatic rings. The predicted molar refractivity (Wildman–Crippen MR) is 62.2 cm³/mol. The Morgan fingerprint density at radius 1 is 1.11 bits per heavy atom. The van der Waals surface area contributed by atoms with Crippen LogP contribution in [0.4, 0.5) is 11.4 Å². The van der Waals surface area contributed by atoms with Gasteiger partial charge in [0, 0.05) is 22.8 Å². The lowest BCUT2D eigenvalue weighted by Gasteiger charge is -1.95. The second-order valence-electron chi connectivity index (χ2n) is 2.54. The molecule has 1 N–H and O–H groups in total. The Morgan fingerprint density at radius 3 is 1.61 bits per heavy atom. The van der Waals surface area contributed by atoms with Crippen LogP contribution in [0.2, 0.25) is 5.02 Å². The molecule has 0 amide bonds. The summed E-state index contributed by atoms with van der Waals surface area (Å²) in [7, 11) is -0.137. The number of nitrogens with zero attached hydrogens (tertiary/aromatic N) is 2. The molecule has 1 aromatic rings. The molecular formula is C6H4Cl2N2O7S. The van der Waals surface area contributed by atoms with Crippen molar-refractivity contribution in [3.63, 3.8) is 0 Å². The summed E-state index contributed by atoms with van der Waals surface area (Å²) in [6.45, 7) is 0. The molecule has 0 aliphatic carbocycles. The van der Waals surface area contributed by atoms with Gasteiger partial charge in [0.2, 0.25) is 0 Å². The summed E-state index contributed by atoms with van der Waals surface area (Å²) in [6, 6.07) is 3.42. The highest BCUT2D eigenvalue weighted by atomic mass is 35.7. The molecule has 0 saturated heterocycles. The van der Waals surface area contributed by atoms with Crippen LogP contribution in [0.15, 0.2) is 18.2 Å². The van der Waals surface area contributed by atoms with Gasteiger partial charge in [-0.05, 0) is 6.07 Å². The van der Waals surface area contributed by atoms with Crippen molar-refractivity contribution >= 4 is 43.0 Å². The zero-order valence-electron chi connectivity index (χ0n) is 8.19. The minimum atomic E-state index is -4.19. The van der Waals surface area contributed by atoms with Crippen molar-refractivity contribution < 1.29 is 22.8 Å². The largest absolute Gasteiger partial charge is 0.353 e. The van der Waals surface area contributed by atoms with E-state index in [0.717, 1.165) is 12.1 Å². The van der Waals surface area contributed by atoms with Gasteiger partial charge in [0.05, 0.1) is 9.85 Å². The summed E-state index contributed by atoms with van der Waals surface area (Å²) < 4.78 is 25.2. The average Bonchev–Trinajstić information content (AvgIpc) is 2.14. The van der Waals surface area contributed by atoms with Gasteiger partial charge in [0.1, 0.15) is 0 Å². The predicted octanol–water partition coefficient (Wildman–Crippen LogP) is 2.18. The Morgan fingerprint density at radius 2 is 1.39 bits per heavy atom. The van der Waals surface area contributed by atoms with E-state index in [1.165, 1.54) is 6.07 Å². The van der Waals surface area contributed by atoms with E-state index in [0.29, 0.717) is 0 Å². The zero-order chi connectivity index (χ0) is 14.5. The Balaban J connectivity index is 0.000000494. The molecule has 0 aromatic heterocycles. The third-order valence-corrected chi connectivity index (χ3v) is 1.74. The molecule has 0 atom stereocenters. The van der Waals surface area contributed by atoms with Gasteiger partial charge < -0.3 is 0 Å². The Hall–Kier alpha value is -1.49. The van der Waals surface area contributed by atoms with E-state index < -0.39 is 35.6 Å². The van der Waals surface area contributed by atoms with Crippen molar-refractivity contribution in [3.8, 4) is 0 Å². The first-order chi connectivity index (χ1) is 8.04. The first-order valence-electron chi connectivity index (χ1n) is 3.78. The quantitative estimate of drug-likeness (QED) is 0.381. The monoisotopic (exact) mass is 318 g/mol. The number of halogens is 2. The van der Waals surface area contributed by atoms with Gasteiger partial charge in [-0.15, -0.1) is 0 Å². The zero-order valence-corrected chi connectivity index (χ0v) is 10.5. The molecule has 1 aromatic carbocycles. The number of hydrogen-bond acceptors (Lipinski definition) is 6. The van der Waals surface area contributed by atoms with E-state index in [1.54, 1.807) is 0 Å². The maximum atomic E-state index is 10.3. The van der Waals surface area contributed by atoms with Gasteiger partial charge in [-0.1, -0.05) is 11.6 Å². The fraction of sp³-hybridized carbons (Fsp3) is 0. The topological polar surface area (TPSA) is 141 Å². The van der Waals surface area contributed by atoms with Crippen molar-refractivity contribution in [2.75, 3.05) is 0 Å². The highest BCUT2D eigenvalue weighted by molar-refractivity contribution is 8.09. The maximum absolute atomic E-state index is 10.3. The van der Waals surface area contributed by atoms with Crippen LogP contribution in [-0.2, 0) is 9.33 Å². The molecule has 0 saturated carbocycles. The van der Waals surface area contributed by atoms with Crippen molar-refractivity contribution in [1.82, 2.24) is 0 Å². The minimum Gasteiger partial charge on any atom is -0.273 e. The van der Waals surface area contributed by atoms with Crippen molar-refractivity contribution in [2.45, 2.75) is 0 Å². The van der Waals surface area contributed by atoms with Crippen molar-refractivity contribution in [2.24, 2.45) is 0 Å². The lowest BCUT2D eigenvalue weighted by Crippen LogP contribution is -1.93. The summed E-state index contributed by atoms with van der Waals surface area (Å²) in [5.74, 6) is 0. The Bertz CT molecular complexity index is 533. The second kappa shape index (κ2) is 6.44. The molecule has 12 heteroatoms. The van der Waals surface area contributed by atoms with Gasteiger partial charge in [0.25, 0.3) is 11.4 Å². The van der Waals surface area contributed by atoms with Gasteiger partial charge in [0.15, 0.2) is 5.02 Å². The fourth-order valence-electron chi connectivity index (χ4n) is 0.790. The van der Waals surface area contributed by atoms with E-state index in [-0.39, 0.29) is 0 Å². The van der Waals surface area contributed by atoms with E-state index in [1.807, 2.05) is 0 Å². The van der Waals surface area contributed by atoms with Gasteiger partial charge in [-0.3, -0.25) is 24.8 Å². The molecule has 9 nitrogen and oxygen atoms in total. The Labute approximate surface area is 109 Å². The van der Waals surface area contributed by atoms with E-state index in [9.17, 15) is 20.2 Å². The van der Waals surface area contributed by atoms with Gasteiger partial charge in [-0.2, -0.15) is 8.42 Å². The SMILES string of the molecule is O=S(=O)(O)Cl.O=[N+]([O-])c1cccc([N+](=O)[O-])c1Cl. The molecule has 0 spiro atoms.